The quantitative estimate of drug-likeness (QED) is 0.389. The summed E-state index contributed by atoms with van der Waals surface area (Å²) >= 11 is 0. The van der Waals surface area contributed by atoms with E-state index in [1.807, 2.05) is 6.92 Å². The smallest absolute Gasteiger partial charge is 0.256 e. The molecule has 1 saturated heterocycles. The van der Waals surface area contributed by atoms with E-state index in [1.165, 1.54) is 6.07 Å². The maximum Gasteiger partial charge on any atom is 0.256 e. The summed E-state index contributed by atoms with van der Waals surface area (Å²) in [7, 11) is 0. The Morgan fingerprint density at radius 2 is 1.86 bits per heavy atom. The summed E-state index contributed by atoms with van der Waals surface area (Å²) in [6.07, 6.45) is 1.56. The molecule has 0 saturated carbocycles. The highest BCUT2D eigenvalue weighted by atomic mass is 16.5. The largest absolute Gasteiger partial charge is 0.467 e. The third-order valence-corrected chi connectivity index (χ3v) is 6.15. The van der Waals surface area contributed by atoms with Crippen molar-refractivity contribution >= 4 is 22.9 Å². The van der Waals surface area contributed by atoms with Gasteiger partial charge in [0.05, 0.1) is 37.4 Å². The van der Waals surface area contributed by atoms with E-state index < -0.39 is 0 Å². The lowest BCUT2D eigenvalue weighted by atomic mass is 10.1. The maximum atomic E-state index is 12.9. The van der Waals surface area contributed by atoms with Gasteiger partial charge in [-0.25, -0.2) is 4.98 Å². The number of ether oxygens (including phenoxy) is 1. The van der Waals surface area contributed by atoms with Gasteiger partial charge in [0.1, 0.15) is 5.76 Å². The van der Waals surface area contributed by atoms with E-state index in [1.54, 1.807) is 53.3 Å². The Labute approximate surface area is 207 Å². The molecule has 0 atom stereocenters. The monoisotopic (exact) mass is 488 g/mol. The minimum atomic E-state index is -0.229. The molecular formula is C26H28N6O4. The maximum absolute atomic E-state index is 12.9. The topological polar surface area (TPSA) is 115 Å². The molecule has 3 aromatic heterocycles. The minimum Gasteiger partial charge on any atom is -0.467 e. The Morgan fingerprint density at radius 1 is 1.06 bits per heavy atom. The number of aromatic nitrogens is 3. The minimum absolute atomic E-state index is 0.213. The summed E-state index contributed by atoms with van der Waals surface area (Å²) < 4.78 is 12.2. The first-order valence-electron chi connectivity index (χ1n) is 11.9. The molecule has 1 aliphatic heterocycles. The van der Waals surface area contributed by atoms with Crippen LogP contribution in [0.25, 0.3) is 16.7 Å². The van der Waals surface area contributed by atoms with Crippen molar-refractivity contribution < 1.29 is 13.9 Å². The molecule has 0 bridgehead atoms. The van der Waals surface area contributed by atoms with Gasteiger partial charge in [-0.15, -0.1) is 0 Å². The van der Waals surface area contributed by atoms with Gasteiger partial charge in [0.25, 0.3) is 11.5 Å². The van der Waals surface area contributed by atoms with Gasteiger partial charge in [0.15, 0.2) is 5.65 Å². The fourth-order valence-corrected chi connectivity index (χ4v) is 4.19. The molecule has 10 heteroatoms. The number of amides is 1. The Hall–Kier alpha value is -4.02. The molecule has 0 aliphatic carbocycles. The van der Waals surface area contributed by atoms with Crippen molar-refractivity contribution in [3.63, 3.8) is 0 Å². The lowest BCUT2D eigenvalue weighted by Gasteiger charge is -2.26. The van der Waals surface area contributed by atoms with E-state index in [-0.39, 0.29) is 11.5 Å². The van der Waals surface area contributed by atoms with Gasteiger partial charge in [-0.05, 0) is 49.4 Å². The first-order valence-corrected chi connectivity index (χ1v) is 11.9. The molecule has 10 nitrogen and oxygen atoms in total. The van der Waals surface area contributed by atoms with Crippen LogP contribution in [0.5, 0.6) is 0 Å². The lowest BCUT2D eigenvalue weighted by Crippen LogP contribution is -2.39. The van der Waals surface area contributed by atoms with Gasteiger partial charge in [0, 0.05) is 43.2 Å². The standard InChI is InChI=1S/C26H28N6O4/c1-18-22-8-9-23(33)32(24(22)30-26(29-18)27-10-11-31-12-15-35-16-13-31)20-6-4-19(5-7-20)25(34)28-17-21-3-2-14-36-21/h2-9,14H,10-13,15-17H2,1H3,(H,28,34)(H,27,29,30). The van der Waals surface area contributed by atoms with Crippen LogP contribution in [0.3, 0.4) is 0 Å². The number of nitrogens with zero attached hydrogens (tertiary/aromatic N) is 4. The average molecular weight is 489 g/mol. The summed E-state index contributed by atoms with van der Waals surface area (Å²) in [6, 6.07) is 13.7. The van der Waals surface area contributed by atoms with Gasteiger partial charge in [-0.3, -0.25) is 19.1 Å². The number of benzene rings is 1. The van der Waals surface area contributed by atoms with Crippen LogP contribution in [0.15, 0.2) is 64.0 Å². The number of nitrogens with one attached hydrogen (secondary N) is 2. The highest BCUT2D eigenvalue weighted by Gasteiger charge is 2.14. The van der Waals surface area contributed by atoms with E-state index in [0.29, 0.717) is 41.7 Å². The number of rotatable bonds is 8. The molecule has 36 heavy (non-hydrogen) atoms. The Balaban J connectivity index is 1.36. The molecule has 0 unspecified atom stereocenters. The first kappa shape index (κ1) is 23.7. The molecule has 0 spiro atoms. The van der Waals surface area contributed by atoms with Crippen molar-refractivity contribution in [2.24, 2.45) is 0 Å². The molecule has 2 N–H and O–H groups in total. The van der Waals surface area contributed by atoms with Crippen LogP contribution in [0, 0.1) is 6.92 Å². The zero-order chi connectivity index (χ0) is 24.9. The predicted molar refractivity (Wildman–Crippen MR) is 135 cm³/mol. The number of furan rings is 1. The van der Waals surface area contributed by atoms with E-state index in [4.69, 9.17) is 9.15 Å². The highest BCUT2D eigenvalue weighted by Crippen LogP contribution is 2.19. The van der Waals surface area contributed by atoms with Crippen molar-refractivity contribution in [2.75, 3.05) is 44.7 Å². The van der Waals surface area contributed by atoms with E-state index >= 15 is 0 Å². The first-order chi connectivity index (χ1) is 17.6. The van der Waals surface area contributed by atoms with Crippen LogP contribution in [-0.2, 0) is 11.3 Å². The molecule has 0 radical (unpaired) electrons. The molecule has 5 rings (SSSR count). The van der Waals surface area contributed by atoms with Crippen LogP contribution in [0.4, 0.5) is 5.95 Å². The second kappa shape index (κ2) is 10.7. The Kier molecular flexibility index (Phi) is 7.06. The second-order valence-electron chi connectivity index (χ2n) is 8.57. The Bertz CT molecular complexity index is 1390. The van der Waals surface area contributed by atoms with Crippen molar-refractivity contribution in [3.05, 3.63) is 82.2 Å². The van der Waals surface area contributed by atoms with Crippen LogP contribution in [0.2, 0.25) is 0 Å². The molecule has 4 heterocycles. The number of anilines is 1. The van der Waals surface area contributed by atoms with E-state index in [2.05, 4.69) is 25.5 Å². The molecule has 1 aromatic carbocycles. The summed E-state index contributed by atoms with van der Waals surface area (Å²) in [5.41, 5.74) is 2.17. The van der Waals surface area contributed by atoms with Crippen LogP contribution in [0.1, 0.15) is 21.8 Å². The number of hydrogen-bond acceptors (Lipinski definition) is 8. The molecule has 1 aliphatic rings. The molecule has 186 valence electrons. The van der Waals surface area contributed by atoms with Crippen molar-refractivity contribution in [3.8, 4) is 5.69 Å². The third-order valence-electron chi connectivity index (χ3n) is 6.15. The normalized spacial score (nSPS) is 14.1. The number of morpholine rings is 1. The molecule has 1 amide bonds. The lowest BCUT2D eigenvalue weighted by molar-refractivity contribution is 0.0398. The molecule has 1 fully saturated rings. The summed E-state index contributed by atoms with van der Waals surface area (Å²) in [5, 5.41) is 6.90. The van der Waals surface area contributed by atoms with E-state index in [0.717, 1.165) is 43.9 Å². The van der Waals surface area contributed by atoms with Crippen LogP contribution < -0.4 is 16.2 Å². The summed E-state index contributed by atoms with van der Waals surface area (Å²) in [4.78, 5) is 37.0. The van der Waals surface area contributed by atoms with Gasteiger partial charge >= 0.3 is 0 Å². The number of carbonyl (C=O) groups is 1. The number of aryl methyl sites for hydroxylation is 1. The van der Waals surface area contributed by atoms with Gasteiger partial charge in [-0.2, -0.15) is 4.98 Å². The third kappa shape index (κ3) is 5.29. The number of pyridine rings is 1. The second-order valence-corrected chi connectivity index (χ2v) is 8.57. The van der Waals surface area contributed by atoms with Gasteiger partial charge in [0.2, 0.25) is 5.95 Å². The van der Waals surface area contributed by atoms with Gasteiger partial charge in [-0.1, -0.05) is 0 Å². The van der Waals surface area contributed by atoms with Crippen LogP contribution >= 0.6 is 0 Å². The molecular weight excluding hydrogens is 460 g/mol. The van der Waals surface area contributed by atoms with E-state index in [9.17, 15) is 9.59 Å². The van der Waals surface area contributed by atoms with Crippen molar-refractivity contribution in [1.29, 1.82) is 0 Å². The van der Waals surface area contributed by atoms with Crippen molar-refractivity contribution in [1.82, 2.24) is 24.8 Å². The Morgan fingerprint density at radius 3 is 2.61 bits per heavy atom. The van der Waals surface area contributed by atoms with Gasteiger partial charge < -0.3 is 19.8 Å². The zero-order valence-corrected chi connectivity index (χ0v) is 20.1. The highest BCUT2D eigenvalue weighted by molar-refractivity contribution is 5.94. The number of carbonyl (C=O) groups excluding carboxylic acids is 1. The molecule has 4 aromatic rings. The predicted octanol–water partition coefficient (Wildman–Crippen LogP) is 2.36. The number of hydrogen-bond donors (Lipinski definition) is 2. The zero-order valence-electron chi connectivity index (χ0n) is 20.1. The van der Waals surface area contributed by atoms with Crippen LogP contribution in [-0.4, -0.2) is 64.7 Å². The SMILES string of the molecule is Cc1nc(NCCN2CCOCC2)nc2c1ccc(=O)n2-c1ccc(C(=O)NCc2ccco2)cc1. The van der Waals surface area contributed by atoms with Crippen molar-refractivity contribution in [2.45, 2.75) is 13.5 Å². The summed E-state index contributed by atoms with van der Waals surface area (Å²) in [6.45, 7) is 7.07. The summed E-state index contributed by atoms with van der Waals surface area (Å²) in [5.74, 6) is 0.918. The average Bonchev–Trinajstić information content (AvgIpc) is 3.42. The fraction of sp³-hybridized carbons (Fsp3) is 0.308. The number of fused-ring (bicyclic) bond motifs is 1. The fourth-order valence-electron chi connectivity index (χ4n) is 4.19.